The lowest BCUT2D eigenvalue weighted by Gasteiger charge is -2.19. The highest BCUT2D eigenvalue weighted by Crippen LogP contribution is 2.15. The summed E-state index contributed by atoms with van der Waals surface area (Å²) in [7, 11) is 1.39. The Morgan fingerprint density at radius 2 is 2.20 bits per heavy atom. The normalized spacial score (nSPS) is 12.7. The van der Waals surface area contributed by atoms with Crippen LogP contribution in [0.1, 0.15) is 45.1 Å². The Labute approximate surface area is 125 Å². The van der Waals surface area contributed by atoms with Crippen LogP contribution in [0, 0.1) is 5.92 Å². The number of nitrogens with zero attached hydrogens (tertiary/aromatic N) is 1. The molecule has 0 aliphatic rings. The molecule has 0 saturated carbocycles. The molecular formula is C14H24ClN3O2. The molecular weight excluding hydrogens is 278 g/mol. The Morgan fingerprint density at radius 1 is 1.50 bits per heavy atom. The van der Waals surface area contributed by atoms with Crippen LogP contribution in [0.2, 0.25) is 5.15 Å². The average Bonchev–Trinajstić information content (AvgIpc) is 2.76. The zero-order chi connectivity index (χ0) is 15.1. The van der Waals surface area contributed by atoms with Gasteiger partial charge in [0.2, 0.25) is 0 Å². The van der Waals surface area contributed by atoms with E-state index in [1.807, 2.05) is 13.8 Å². The lowest BCUT2D eigenvalue weighted by molar-refractivity contribution is -0.144. The second kappa shape index (κ2) is 8.27. The van der Waals surface area contributed by atoms with E-state index in [0.29, 0.717) is 11.7 Å². The number of nitrogens with one attached hydrogen (secondary N) is 2. The van der Waals surface area contributed by atoms with E-state index < -0.39 is 0 Å². The zero-order valence-corrected chi connectivity index (χ0v) is 13.4. The van der Waals surface area contributed by atoms with E-state index in [-0.39, 0.29) is 17.9 Å². The molecule has 1 rings (SSSR count). The Hall–Kier alpha value is -1.07. The third kappa shape index (κ3) is 4.80. The predicted octanol–water partition coefficient (Wildman–Crippen LogP) is 2.69. The summed E-state index contributed by atoms with van der Waals surface area (Å²) in [5.41, 5.74) is 0.812. The van der Waals surface area contributed by atoms with Crippen molar-refractivity contribution < 1.29 is 9.53 Å². The first-order chi connectivity index (χ1) is 9.49. The maximum atomic E-state index is 11.7. The van der Waals surface area contributed by atoms with E-state index in [9.17, 15) is 4.79 Å². The number of unbranched alkanes of at least 4 members (excludes halogenated alkanes) is 1. The van der Waals surface area contributed by atoms with Crippen molar-refractivity contribution in [3.05, 3.63) is 16.7 Å². The number of hydrogen-bond acceptors (Lipinski definition) is 4. The number of ether oxygens (including phenoxy) is 1. The summed E-state index contributed by atoms with van der Waals surface area (Å²) < 4.78 is 4.79. The highest BCUT2D eigenvalue weighted by molar-refractivity contribution is 6.30. The fraction of sp³-hybridized carbons (Fsp3) is 0.714. The van der Waals surface area contributed by atoms with E-state index in [1.54, 1.807) is 0 Å². The van der Waals surface area contributed by atoms with E-state index >= 15 is 0 Å². The average molecular weight is 302 g/mol. The summed E-state index contributed by atoms with van der Waals surface area (Å²) in [5, 5.41) is 3.63. The maximum Gasteiger partial charge on any atom is 0.323 e. The van der Waals surface area contributed by atoms with Gasteiger partial charge in [-0.2, -0.15) is 0 Å². The molecule has 0 radical (unpaired) electrons. The van der Waals surface area contributed by atoms with Crippen LogP contribution in [0.4, 0.5) is 0 Å². The van der Waals surface area contributed by atoms with Crippen LogP contribution in [0.3, 0.4) is 0 Å². The van der Waals surface area contributed by atoms with Gasteiger partial charge in [0.1, 0.15) is 11.9 Å². The predicted molar refractivity (Wildman–Crippen MR) is 79.7 cm³/mol. The van der Waals surface area contributed by atoms with Gasteiger partial charge in [0, 0.05) is 13.0 Å². The second-order valence-electron chi connectivity index (χ2n) is 5.18. The molecule has 0 unspecified atom stereocenters. The highest BCUT2D eigenvalue weighted by atomic mass is 35.5. The summed E-state index contributed by atoms with van der Waals surface area (Å²) in [6.45, 7) is 6.54. The second-order valence-corrected chi connectivity index (χ2v) is 5.54. The van der Waals surface area contributed by atoms with E-state index in [2.05, 4.69) is 22.2 Å². The molecule has 1 aromatic heterocycles. The number of methoxy groups -OCH3 is 1. The molecule has 1 aromatic rings. The number of carbonyl (C=O) groups excluding carboxylic acids is 1. The molecule has 6 heteroatoms. The minimum absolute atomic E-state index is 0.142. The van der Waals surface area contributed by atoms with E-state index in [4.69, 9.17) is 16.3 Å². The third-order valence-electron chi connectivity index (χ3n) is 3.16. The SMILES string of the molecule is CCCCc1nc(Cl)c(CN[C@H](C(=O)OC)C(C)C)[nH]1. The number of aromatic amines is 1. The zero-order valence-electron chi connectivity index (χ0n) is 12.6. The van der Waals surface area contributed by atoms with Crippen molar-refractivity contribution in [1.82, 2.24) is 15.3 Å². The number of H-pyrrole nitrogens is 1. The number of aromatic nitrogens is 2. The Bertz CT molecular complexity index is 432. The topological polar surface area (TPSA) is 67.0 Å². The lowest BCUT2D eigenvalue weighted by Crippen LogP contribution is -2.41. The molecule has 0 aromatic carbocycles. The molecule has 0 bridgehead atoms. The van der Waals surface area contributed by atoms with Crippen molar-refractivity contribution in [2.45, 2.75) is 52.6 Å². The Balaban J connectivity index is 2.63. The monoisotopic (exact) mass is 301 g/mol. The Morgan fingerprint density at radius 3 is 2.75 bits per heavy atom. The number of esters is 1. The quantitative estimate of drug-likeness (QED) is 0.725. The lowest BCUT2D eigenvalue weighted by atomic mass is 10.0. The van der Waals surface area contributed by atoms with Gasteiger partial charge in [0.25, 0.3) is 0 Å². The van der Waals surface area contributed by atoms with Crippen LogP contribution in [0.5, 0.6) is 0 Å². The molecule has 0 aliphatic heterocycles. The van der Waals surface area contributed by atoms with E-state index in [1.165, 1.54) is 7.11 Å². The van der Waals surface area contributed by atoms with Gasteiger partial charge in [-0.1, -0.05) is 38.8 Å². The largest absolute Gasteiger partial charge is 0.468 e. The summed E-state index contributed by atoms with van der Waals surface area (Å²) in [6, 6.07) is -0.349. The smallest absolute Gasteiger partial charge is 0.323 e. The Kier molecular flexibility index (Phi) is 7.02. The van der Waals surface area contributed by atoms with Crippen LogP contribution < -0.4 is 5.32 Å². The van der Waals surface area contributed by atoms with Crippen molar-refractivity contribution in [3.8, 4) is 0 Å². The standard InChI is InChI=1S/C14H24ClN3O2/c1-5-6-7-11-17-10(13(15)18-11)8-16-12(9(2)3)14(19)20-4/h9,12,16H,5-8H2,1-4H3,(H,17,18)/t12-/m0/s1. The van der Waals surface area contributed by atoms with Crippen molar-refractivity contribution in [2.24, 2.45) is 5.92 Å². The van der Waals surface area contributed by atoms with Crippen LogP contribution in [0.25, 0.3) is 0 Å². The van der Waals surface area contributed by atoms with Crippen molar-refractivity contribution in [3.63, 3.8) is 0 Å². The van der Waals surface area contributed by atoms with Gasteiger partial charge < -0.3 is 9.72 Å². The maximum absolute atomic E-state index is 11.7. The fourth-order valence-electron chi connectivity index (χ4n) is 1.95. The highest BCUT2D eigenvalue weighted by Gasteiger charge is 2.23. The molecule has 0 amide bonds. The van der Waals surface area contributed by atoms with Gasteiger partial charge in [-0.3, -0.25) is 10.1 Å². The number of carbonyl (C=O) groups is 1. The minimum Gasteiger partial charge on any atom is -0.468 e. The van der Waals surface area contributed by atoms with Gasteiger partial charge >= 0.3 is 5.97 Å². The van der Waals surface area contributed by atoms with Crippen molar-refractivity contribution in [1.29, 1.82) is 0 Å². The van der Waals surface area contributed by atoms with Gasteiger partial charge in [-0.05, 0) is 12.3 Å². The summed E-state index contributed by atoms with van der Waals surface area (Å²) in [4.78, 5) is 19.2. The fourth-order valence-corrected chi connectivity index (χ4v) is 2.17. The van der Waals surface area contributed by atoms with Crippen LogP contribution in [-0.4, -0.2) is 29.1 Å². The van der Waals surface area contributed by atoms with Crippen molar-refractivity contribution >= 4 is 17.6 Å². The number of imidazole rings is 1. The summed E-state index contributed by atoms with van der Waals surface area (Å²) in [6.07, 6.45) is 3.08. The number of rotatable bonds is 8. The van der Waals surface area contributed by atoms with Crippen LogP contribution in [0.15, 0.2) is 0 Å². The van der Waals surface area contributed by atoms with Gasteiger partial charge in [-0.25, -0.2) is 4.98 Å². The number of halogens is 1. The number of hydrogen-bond donors (Lipinski definition) is 2. The third-order valence-corrected chi connectivity index (χ3v) is 3.48. The van der Waals surface area contributed by atoms with Gasteiger partial charge in [0.05, 0.1) is 12.8 Å². The molecule has 0 aliphatic carbocycles. The van der Waals surface area contributed by atoms with E-state index in [0.717, 1.165) is 30.8 Å². The van der Waals surface area contributed by atoms with Crippen LogP contribution in [-0.2, 0) is 22.5 Å². The molecule has 2 N–H and O–H groups in total. The first-order valence-electron chi connectivity index (χ1n) is 7.04. The molecule has 114 valence electrons. The van der Waals surface area contributed by atoms with Gasteiger partial charge in [0.15, 0.2) is 5.15 Å². The first kappa shape index (κ1) is 17.0. The first-order valence-corrected chi connectivity index (χ1v) is 7.41. The van der Waals surface area contributed by atoms with Crippen molar-refractivity contribution in [2.75, 3.05) is 7.11 Å². The van der Waals surface area contributed by atoms with Crippen LogP contribution >= 0.6 is 11.6 Å². The molecule has 0 spiro atoms. The number of aryl methyl sites for hydroxylation is 1. The summed E-state index contributed by atoms with van der Waals surface area (Å²) >= 11 is 6.10. The molecule has 20 heavy (non-hydrogen) atoms. The minimum atomic E-state index is -0.349. The van der Waals surface area contributed by atoms with Gasteiger partial charge in [-0.15, -0.1) is 0 Å². The summed E-state index contributed by atoms with van der Waals surface area (Å²) in [5.74, 6) is 0.776. The molecule has 0 fully saturated rings. The molecule has 1 atom stereocenters. The molecule has 0 saturated heterocycles. The molecule has 5 nitrogen and oxygen atoms in total. The molecule has 1 heterocycles.